The molecule has 150 valence electrons. The molecule has 0 aliphatic carbocycles. The third-order valence-corrected chi connectivity index (χ3v) is 6.76. The zero-order valence-corrected chi connectivity index (χ0v) is 17.4. The topological polar surface area (TPSA) is 66.9 Å². The zero-order chi connectivity index (χ0) is 20.3. The predicted molar refractivity (Wildman–Crippen MR) is 108 cm³/mol. The molecule has 1 fully saturated rings. The van der Waals surface area contributed by atoms with Gasteiger partial charge in [0.15, 0.2) is 6.10 Å². The van der Waals surface area contributed by atoms with Crippen molar-refractivity contribution in [3.63, 3.8) is 0 Å². The largest absolute Gasteiger partial charge is 0.481 e. The lowest BCUT2D eigenvalue weighted by Crippen LogP contribution is -2.53. The first-order valence-electron chi connectivity index (χ1n) is 9.05. The van der Waals surface area contributed by atoms with Crippen LogP contribution in [0.5, 0.6) is 5.75 Å². The molecule has 2 aromatic carbocycles. The number of amides is 1. The number of nitrogens with zero attached hydrogens (tertiary/aromatic N) is 2. The number of halogens is 1. The maximum absolute atomic E-state index is 12.8. The molecule has 6 nitrogen and oxygen atoms in total. The molecule has 0 saturated carbocycles. The number of piperazine rings is 1. The van der Waals surface area contributed by atoms with E-state index in [2.05, 4.69) is 0 Å². The Bertz CT molecular complexity index is 956. The number of sulfonamides is 1. The molecule has 0 spiro atoms. The molecule has 1 unspecified atom stereocenters. The maximum atomic E-state index is 12.8. The van der Waals surface area contributed by atoms with Gasteiger partial charge in [0.2, 0.25) is 10.0 Å². The SMILES string of the molecule is Cc1cccc(OC(C)C(=O)N2CCN(S(=O)(=O)c3cccc(Cl)c3)CC2)c1. The lowest BCUT2D eigenvalue weighted by atomic mass is 10.2. The van der Waals surface area contributed by atoms with Crippen LogP contribution >= 0.6 is 11.6 Å². The van der Waals surface area contributed by atoms with Crippen molar-refractivity contribution in [1.29, 1.82) is 0 Å². The van der Waals surface area contributed by atoms with E-state index in [1.807, 2.05) is 31.2 Å². The first-order chi connectivity index (χ1) is 13.3. The molecule has 0 radical (unpaired) electrons. The minimum absolute atomic E-state index is 0.152. The van der Waals surface area contributed by atoms with Gasteiger partial charge in [-0.1, -0.05) is 29.8 Å². The predicted octanol–water partition coefficient (Wildman–Crippen LogP) is 2.95. The summed E-state index contributed by atoms with van der Waals surface area (Å²) < 4.78 is 32.7. The standard InChI is InChI=1S/C20H23ClN2O4S/c1-15-5-3-7-18(13-15)27-16(2)20(24)22-9-11-23(12-10-22)28(25,26)19-8-4-6-17(21)14-19/h3-8,13-14,16H,9-12H2,1-2H3. The minimum atomic E-state index is -3.63. The van der Waals surface area contributed by atoms with Gasteiger partial charge in [0.1, 0.15) is 5.75 Å². The molecule has 28 heavy (non-hydrogen) atoms. The van der Waals surface area contributed by atoms with E-state index in [0.29, 0.717) is 23.9 Å². The van der Waals surface area contributed by atoms with Crippen LogP contribution in [0.3, 0.4) is 0 Å². The van der Waals surface area contributed by atoms with Crippen LogP contribution in [0.25, 0.3) is 0 Å². The molecule has 0 N–H and O–H groups in total. The van der Waals surface area contributed by atoms with E-state index in [0.717, 1.165) is 5.56 Å². The Labute approximate surface area is 170 Å². The fourth-order valence-electron chi connectivity index (χ4n) is 3.13. The zero-order valence-electron chi connectivity index (χ0n) is 15.8. The van der Waals surface area contributed by atoms with Crippen LogP contribution in [0.2, 0.25) is 5.02 Å². The number of hydrogen-bond donors (Lipinski definition) is 0. The summed E-state index contributed by atoms with van der Waals surface area (Å²) in [4.78, 5) is 14.5. The van der Waals surface area contributed by atoms with E-state index in [4.69, 9.17) is 16.3 Å². The lowest BCUT2D eigenvalue weighted by Gasteiger charge is -2.35. The second kappa shape index (κ2) is 8.51. The number of hydrogen-bond acceptors (Lipinski definition) is 4. The number of benzene rings is 2. The van der Waals surface area contributed by atoms with E-state index >= 15 is 0 Å². The molecule has 1 aliphatic heterocycles. The smallest absolute Gasteiger partial charge is 0.263 e. The number of ether oxygens (including phenoxy) is 1. The van der Waals surface area contributed by atoms with Crippen molar-refractivity contribution in [2.45, 2.75) is 24.8 Å². The summed E-state index contributed by atoms with van der Waals surface area (Å²) in [6.45, 7) is 4.77. The Balaban J connectivity index is 1.60. The van der Waals surface area contributed by atoms with Crippen molar-refractivity contribution < 1.29 is 17.9 Å². The highest BCUT2D eigenvalue weighted by Gasteiger charge is 2.32. The summed E-state index contributed by atoms with van der Waals surface area (Å²) >= 11 is 5.92. The van der Waals surface area contributed by atoms with Crippen LogP contribution in [-0.4, -0.2) is 55.8 Å². The summed E-state index contributed by atoms with van der Waals surface area (Å²) in [6.07, 6.45) is -0.641. The molecule has 0 aromatic heterocycles. The molecule has 1 amide bonds. The van der Waals surface area contributed by atoms with Gasteiger partial charge in [-0.3, -0.25) is 4.79 Å². The van der Waals surface area contributed by atoms with Crippen LogP contribution in [-0.2, 0) is 14.8 Å². The van der Waals surface area contributed by atoms with Crippen molar-refractivity contribution in [2.24, 2.45) is 0 Å². The molecular weight excluding hydrogens is 400 g/mol. The van der Waals surface area contributed by atoms with Crippen LogP contribution in [0.1, 0.15) is 12.5 Å². The molecular formula is C20H23ClN2O4S. The van der Waals surface area contributed by atoms with E-state index in [9.17, 15) is 13.2 Å². The van der Waals surface area contributed by atoms with Crippen molar-refractivity contribution in [2.75, 3.05) is 26.2 Å². The molecule has 1 atom stereocenters. The van der Waals surface area contributed by atoms with Crippen molar-refractivity contribution in [1.82, 2.24) is 9.21 Å². The fraction of sp³-hybridized carbons (Fsp3) is 0.350. The van der Waals surface area contributed by atoms with Gasteiger partial charge in [-0.2, -0.15) is 4.31 Å². The molecule has 1 aliphatic rings. The first kappa shape index (κ1) is 20.6. The van der Waals surface area contributed by atoms with E-state index in [1.54, 1.807) is 24.0 Å². The van der Waals surface area contributed by atoms with Crippen LogP contribution in [0, 0.1) is 6.92 Å². The summed E-state index contributed by atoms with van der Waals surface area (Å²) in [6, 6.07) is 13.7. The minimum Gasteiger partial charge on any atom is -0.481 e. The van der Waals surface area contributed by atoms with Gasteiger partial charge in [-0.25, -0.2) is 8.42 Å². The third kappa shape index (κ3) is 4.66. The molecule has 1 saturated heterocycles. The summed E-state index contributed by atoms with van der Waals surface area (Å²) in [5.74, 6) is 0.490. The Morgan fingerprint density at radius 1 is 1.07 bits per heavy atom. The average molecular weight is 423 g/mol. The van der Waals surface area contributed by atoms with Crippen LogP contribution in [0.15, 0.2) is 53.4 Å². The van der Waals surface area contributed by atoms with Gasteiger partial charge in [-0.05, 0) is 49.7 Å². The highest BCUT2D eigenvalue weighted by Crippen LogP contribution is 2.21. The number of carbonyl (C=O) groups is 1. The van der Waals surface area contributed by atoms with E-state index in [1.165, 1.54) is 16.4 Å². The van der Waals surface area contributed by atoms with Crippen LogP contribution < -0.4 is 4.74 Å². The molecule has 8 heteroatoms. The summed E-state index contributed by atoms with van der Waals surface area (Å²) in [5.41, 5.74) is 1.05. The Morgan fingerprint density at radius 3 is 2.39 bits per heavy atom. The van der Waals surface area contributed by atoms with Crippen molar-refractivity contribution >= 4 is 27.5 Å². The average Bonchev–Trinajstić information content (AvgIpc) is 2.67. The Kier molecular flexibility index (Phi) is 6.27. The molecule has 0 bridgehead atoms. The van der Waals surface area contributed by atoms with Crippen LogP contribution in [0.4, 0.5) is 0 Å². The molecule has 3 rings (SSSR count). The normalized spacial score (nSPS) is 16.6. The molecule has 2 aromatic rings. The second-order valence-corrected chi connectivity index (χ2v) is 9.14. The first-order valence-corrected chi connectivity index (χ1v) is 10.9. The van der Waals surface area contributed by atoms with Crippen molar-refractivity contribution in [3.8, 4) is 5.75 Å². The molecule has 1 heterocycles. The van der Waals surface area contributed by atoms with Gasteiger partial charge in [-0.15, -0.1) is 0 Å². The van der Waals surface area contributed by atoms with Gasteiger partial charge in [0, 0.05) is 31.2 Å². The number of rotatable bonds is 5. The third-order valence-electron chi connectivity index (χ3n) is 4.63. The Hall–Kier alpha value is -2.09. The monoisotopic (exact) mass is 422 g/mol. The van der Waals surface area contributed by atoms with Gasteiger partial charge in [0.25, 0.3) is 5.91 Å². The Morgan fingerprint density at radius 2 is 1.75 bits per heavy atom. The highest BCUT2D eigenvalue weighted by molar-refractivity contribution is 7.89. The van der Waals surface area contributed by atoms with Gasteiger partial charge in [0.05, 0.1) is 4.90 Å². The quantitative estimate of drug-likeness (QED) is 0.743. The summed E-state index contributed by atoms with van der Waals surface area (Å²) in [7, 11) is -3.63. The van der Waals surface area contributed by atoms with Crippen molar-refractivity contribution in [3.05, 3.63) is 59.1 Å². The lowest BCUT2D eigenvalue weighted by molar-refractivity contribution is -0.139. The second-order valence-electron chi connectivity index (χ2n) is 6.76. The maximum Gasteiger partial charge on any atom is 0.263 e. The van der Waals surface area contributed by atoms with E-state index < -0.39 is 16.1 Å². The highest BCUT2D eigenvalue weighted by atomic mass is 35.5. The fourth-order valence-corrected chi connectivity index (χ4v) is 4.85. The summed E-state index contributed by atoms with van der Waals surface area (Å²) in [5, 5.41) is 0.372. The number of aryl methyl sites for hydroxylation is 1. The van der Waals surface area contributed by atoms with E-state index in [-0.39, 0.29) is 23.9 Å². The van der Waals surface area contributed by atoms with Gasteiger partial charge < -0.3 is 9.64 Å². The number of carbonyl (C=O) groups excluding carboxylic acids is 1. The van der Waals surface area contributed by atoms with Gasteiger partial charge >= 0.3 is 0 Å².